The Balaban J connectivity index is 1.43. The van der Waals surface area contributed by atoms with Gasteiger partial charge in [0.2, 0.25) is 5.91 Å². The van der Waals surface area contributed by atoms with Gasteiger partial charge in [0.25, 0.3) is 10.0 Å². The summed E-state index contributed by atoms with van der Waals surface area (Å²) in [7, 11) is -3.69. The predicted octanol–water partition coefficient (Wildman–Crippen LogP) is 1.92. The van der Waals surface area contributed by atoms with Crippen molar-refractivity contribution in [1.29, 1.82) is 0 Å². The maximum absolute atomic E-state index is 12.6. The average Bonchev–Trinajstić information content (AvgIpc) is 3.30. The number of nitrogens with zero attached hydrogens (tertiary/aromatic N) is 2. The van der Waals surface area contributed by atoms with E-state index in [0.717, 1.165) is 25.7 Å². The van der Waals surface area contributed by atoms with Gasteiger partial charge in [-0.2, -0.15) is 8.42 Å². The van der Waals surface area contributed by atoms with Gasteiger partial charge in [-0.15, -0.1) is 4.40 Å². The van der Waals surface area contributed by atoms with Crippen molar-refractivity contribution in [1.82, 2.24) is 10.2 Å². The second-order valence-corrected chi connectivity index (χ2v) is 9.02. The molecular formula is C20H25N3O4S. The molecule has 0 bridgehead atoms. The summed E-state index contributed by atoms with van der Waals surface area (Å²) in [5, 5.41) is 3.07. The van der Waals surface area contributed by atoms with E-state index < -0.39 is 10.0 Å². The highest BCUT2D eigenvalue weighted by Gasteiger charge is 2.35. The number of benzene rings is 1. The van der Waals surface area contributed by atoms with Crippen molar-refractivity contribution in [3.63, 3.8) is 0 Å². The van der Waals surface area contributed by atoms with Crippen LogP contribution in [0.4, 0.5) is 0 Å². The van der Waals surface area contributed by atoms with Crippen LogP contribution in [-0.4, -0.2) is 56.9 Å². The van der Waals surface area contributed by atoms with E-state index in [4.69, 9.17) is 4.74 Å². The maximum atomic E-state index is 12.6. The molecule has 0 radical (unpaired) electrons. The molecule has 2 saturated heterocycles. The molecule has 150 valence electrons. The molecule has 28 heavy (non-hydrogen) atoms. The van der Waals surface area contributed by atoms with Crippen LogP contribution >= 0.6 is 0 Å². The molecule has 7 nitrogen and oxygen atoms in total. The van der Waals surface area contributed by atoms with E-state index >= 15 is 0 Å². The number of hydrogen-bond acceptors (Lipinski definition) is 5. The smallest absolute Gasteiger partial charge is 0.285 e. The van der Waals surface area contributed by atoms with Crippen LogP contribution in [0, 0.1) is 0 Å². The summed E-state index contributed by atoms with van der Waals surface area (Å²) >= 11 is 0. The van der Waals surface area contributed by atoms with Crippen LogP contribution < -0.4 is 5.32 Å². The molecule has 1 atom stereocenters. The van der Waals surface area contributed by atoms with E-state index in [1.54, 1.807) is 12.1 Å². The van der Waals surface area contributed by atoms with Gasteiger partial charge in [-0.05, 0) is 38.2 Å². The molecule has 3 aliphatic rings. The fourth-order valence-electron chi connectivity index (χ4n) is 4.09. The number of likely N-dealkylation sites (tertiary alicyclic amines) is 1. The minimum absolute atomic E-state index is 0.0285. The highest BCUT2D eigenvalue weighted by Crippen LogP contribution is 2.34. The lowest BCUT2D eigenvalue weighted by atomic mass is 10.0. The third kappa shape index (κ3) is 3.71. The lowest BCUT2D eigenvalue weighted by Crippen LogP contribution is -2.48. The lowest BCUT2D eigenvalue weighted by molar-refractivity contribution is -0.131. The maximum Gasteiger partial charge on any atom is 0.285 e. The number of rotatable bonds is 3. The minimum Gasteiger partial charge on any atom is -0.368 e. The first-order valence-corrected chi connectivity index (χ1v) is 11.2. The first-order chi connectivity index (χ1) is 13.5. The summed E-state index contributed by atoms with van der Waals surface area (Å²) in [6.07, 6.45) is 2.91. The SMILES string of the molecule is CC1=C(c2ccccc2)S(=O)(=O)N=C1N1CCC(NC(=O)[C@@H]2CCCO2)CC1. The molecule has 1 aromatic rings. The predicted molar refractivity (Wildman–Crippen MR) is 107 cm³/mol. The zero-order chi connectivity index (χ0) is 19.7. The number of ether oxygens (including phenoxy) is 1. The Morgan fingerprint density at radius 3 is 2.54 bits per heavy atom. The Bertz CT molecular complexity index is 910. The van der Waals surface area contributed by atoms with Crippen molar-refractivity contribution in [3.8, 4) is 0 Å². The number of hydrogen-bond donors (Lipinski definition) is 1. The van der Waals surface area contributed by atoms with Crippen LogP contribution in [0.3, 0.4) is 0 Å². The van der Waals surface area contributed by atoms with Crippen LogP contribution in [0.15, 0.2) is 40.3 Å². The van der Waals surface area contributed by atoms with Crippen molar-refractivity contribution in [3.05, 3.63) is 41.5 Å². The first-order valence-electron chi connectivity index (χ1n) is 9.74. The van der Waals surface area contributed by atoms with E-state index in [2.05, 4.69) is 9.71 Å². The Morgan fingerprint density at radius 1 is 1.18 bits per heavy atom. The van der Waals surface area contributed by atoms with Crippen molar-refractivity contribution in [2.24, 2.45) is 4.40 Å². The Labute approximate surface area is 165 Å². The second-order valence-electron chi connectivity index (χ2n) is 7.48. The van der Waals surface area contributed by atoms with Gasteiger partial charge in [-0.1, -0.05) is 30.3 Å². The quantitative estimate of drug-likeness (QED) is 0.833. The third-order valence-electron chi connectivity index (χ3n) is 5.54. The third-order valence-corrected chi connectivity index (χ3v) is 7.01. The molecule has 1 aromatic carbocycles. The number of carbonyl (C=O) groups is 1. The highest BCUT2D eigenvalue weighted by molar-refractivity contribution is 8.00. The van der Waals surface area contributed by atoms with Crippen LogP contribution in [0.5, 0.6) is 0 Å². The van der Waals surface area contributed by atoms with Crippen molar-refractivity contribution >= 4 is 26.7 Å². The number of carbonyl (C=O) groups excluding carboxylic acids is 1. The van der Waals surface area contributed by atoms with Gasteiger partial charge in [0.1, 0.15) is 16.8 Å². The van der Waals surface area contributed by atoms with Crippen LogP contribution in [-0.2, 0) is 19.6 Å². The van der Waals surface area contributed by atoms with E-state index in [1.807, 2.05) is 30.0 Å². The van der Waals surface area contributed by atoms with Gasteiger partial charge in [-0.3, -0.25) is 4.79 Å². The van der Waals surface area contributed by atoms with E-state index in [1.165, 1.54) is 0 Å². The topological polar surface area (TPSA) is 88.1 Å². The molecule has 2 fully saturated rings. The van der Waals surface area contributed by atoms with Crippen LogP contribution in [0.25, 0.3) is 4.91 Å². The number of sulfonamides is 1. The van der Waals surface area contributed by atoms with Gasteiger partial charge < -0.3 is 15.0 Å². The van der Waals surface area contributed by atoms with Gasteiger partial charge in [0, 0.05) is 31.3 Å². The summed E-state index contributed by atoms with van der Waals surface area (Å²) in [6.45, 7) is 3.78. The van der Waals surface area contributed by atoms with Crippen LogP contribution in [0.1, 0.15) is 38.2 Å². The number of amides is 1. The summed E-state index contributed by atoms with van der Waals surface area (Å²) in [6, 6.07) is 9.18. The van der Waals surface area contributed by atoms with Crippen molar-refractivity contribution in [2.45, 2.75) is 44.8 Å². The molecule has 0 aliphatic carbocycles. The van der Waals surface area contributed by atoms with Crippen molar-refractivity contribution < 1.29 is 17.9 Å². The molecule has 0 unspecified atom stereocenters. The monoisotopic (exact) mass is 403 g/mol. The second kappa shape index (κ2) is 7.67. The molecular weight excluding hydrogens is 378 g/mol. The summed E-state index contributed by atoms with van der Waals surface area (Å²) < 4.78 is 34.8. The van der Waals surface area contributed by atoms with Crippen LogP contribution in [0.2, 0.25) is 0 Å². The zero-order valence-electron chi connectivity index (χ0n) is 15.9. The van der Waals surface area contributed by atoms with E-state index in [9.17, 15) is 13.2 Å². The highest BCUT2D eigenvalue weighted by atomic mass is 32.2. The zero-order valence-corrected chi connectivity index (χ0v) is 16.7. The fraction of sp³-hybridized carbons (Fsp3) is 0.500. The summed E-state index contributed by atoms with van der Waals surface area (Å²) in [5.41, 5.74) is 1.35. The molecule has 0 saturated carbocycles. The van der Waals surface area contributed by atoms with Crippen molar-refractivity contribution in [2.75, 3.05) is 19.7 Å². The van der Waals surface area contributed by atoms with E-state index in [0.29, 0.717) is 36.7 Å². The standard InChI is InChI=1S/C20H25N3O4S/c1-14-18(15-6-3-2-4-7-15)28(25,26)22-19(14)23-11-9-16(10-12-23)21-20(24)17-8-5-13-27-17/h2-4,6-7,16-17H,5,8-13H2,1H3,(H,21,24)/t17-/m0/s1. The lowest BCUT2D eigenvalue weighted by Gasteiger charge is -2.34. The molecule has 4 rings (SSSR count). The molecule has 0 spiro atoms. The molecule has 0 aromatic heterocycles. The van der Waals surface area contributed by atoms with Gasteiger partial charge >= 0.3 is 0 Å². The largest absolute Gasteiger partial charge is 0.368 e. The Morgan fingerprint density at radius 2 is 1.89 bits per heavy atom. The molecule has 1 N–H and O–H groups in total. The summed E-state index contributed by atoms with van der Waals surface area (Å²) in [5.74, 6) is 0.502. The molecule has 3 heterocycles. The molecule has 3 aliphatic heterocycles. The average molecular weight is 404 g/mol. The van der Waals surface area contributed by atoms with E-state index in [-0.39, 0.29) is 23.0 Å². The number of nitrogens with one attached hydrogen (secondary N) is 1. The number of amidine groups is 1. The minimum atomic E-state index is -3.69. The van der Waals surface area contributed by atoms with Gasteiger partial charge in [0.15, 0.2) is 0 Å². The van der Waals surface area contributed by atoms with Gasteiger partial charge in [-0.25, -0.2) is 0 Å². The first kappa shape index (κ1) is 19.1. The summed E-state index contributed by atoms with van der Waals surface area (Å²) in [4.78, 5) is 14.5. The molecule has 1 amide bonds. The number of piperidine rings is 1. The Kier molecular flexibility index (Phi) is 5.25. The molecule has 8 heteroatoms. The van der Waals surface area contributed by atoms with Gasteiger partial charge in [0.05, 0.1) is 0 Å². The normalized spacial score (nSPS) is 25.1. The Hall–Kier alpha value is -2.19. The fourth-order valence-corrected chi connectivity index (χ4v) is 5.57.